The third-order valence-electron chi connectivity index (χ3n) is 4.46. The molecule has 1 aromatic carbocycles. The lowest BCUT2D eigenvalue weighted by molar-refractivity contribution is 0.0627. The normalized spacial score (nSPS) is 17.5. The minimum atomic E-state index is -0.306. The van der Waals surface area contributed by atoms with E-state index in [0.29, 0.717) is 24.6 Å². The molecule has 1 atom stereocenters. The van der Waals surface area contributed by atoms with Crippen LogP contribution >= 0.6 is 0 Å². The maximum Gasteiger partial charge on any atom is 0.274 e. The number of halogens is 1. The number of likely N-dealkylation sites (tertiary alicyclic amines) is 1. The molecule has 0 unspecified atom stereocenters. The molecule has 0 saturated carbocycles. The number of aromatic amines is 1. The van der Waals surface area contributed by atoms with Gasteiger partial charge in [0, 0.05) is 30.8 Å². The van der Waals surface area contributed by atoms with Gasteiger partial charge >= 0.3 is 0 Å². The number of aryl methyl sites for hydroxylation is 1. The van der Waals surface area contributed by atoms with Gasteiger partial charge in [-0.3, -0.25) is 9.89 Å². The van der Waals surface area contributed by atoms with E-state index < -0.39 is 0 Å². The van der Waals surface area contributed by atoms with Gasteiger partial charge in [-0.1, -0.05) is 19.4 Å². The van der Waals surface area contributed by atoms with Crippen LogP contribution in [0.4, 0.5) is 4.39 Å². The summed E-state index contributed by atoms with van der Waals surface area (Å²) in [4.78, 5) is 14.5. The number of carbonyl (C=O) groups excluding carboxylic acids is 1. The Morgan fingerprint density at radius 1 is 1.44 bits per heavy atom. The first-order chi connectivity index (χ1) is 12.2. The summed E-state index contributed by atoms with van der Waals surface area (Å²) in [6.07, 6.45) is 3.85. The molecule has 1 aromatic heterocycles. The molecule has 5 nitrogen and oxygen atoms in total. The summed E-state index contributed by atoms with van der Waals surface area (Å²) >= 11 is 0. The van der Waals surface area contributed by atoms with E-state index in [0.717, 1.165) is 37.9 Å². The van der Waals surface area contributed by atoms with Crippen LogP contribution in [-0.2, 0) is 6.42 Å². The van der Waals surface area contributed by atoms with Crippen LogP contribution in [0.15, 0.2) is 30.3 Å². The number of carbonyl (C=O) groups is 1. The molecule has 1 fully saturated rings. The molecule has 3 rings (SSSR count). The Bertz CT molecular complexity index is 716. The monoisotopic (exact) mass is 345 g/mol. The van der Waals surface area contributed by atoms with Gasteiger partial charge in [-0.15, -0.1) is 0 Å². The van der Waals surface area contributed by atoms with Crippen LogP contribution in [0.1, 0.15) is 42.4 Å². The molecular formula is C19H24FN3O2. The molecule has 2 aromatic rings. The number of benzene rings is 1. The highest BCUT2D eigenvalue weighted by Gasteiger charge is 2.26. The summed E-state index contributed by atoms with van der Waals surface area (Å²) < 4.78 is 18.9. The second-order valence-corrected chi connectivity index (χ2v) is 6.56. The SMILES string of the molecule is CCCc1cc(C(=O)N2CCC[C@H](COc3cccc(F)c3)C2)n[nH]1. The third-order valence-corrected chi connectivity index (χ3v) is 4.46. The molecule has 6 heteroatoms. The van der Waals surface area contributed by atoms with Crippen molar-refractivity contribution in [3.63, 3.8) is 0 Å². The van der Waals surface area contributed by atoms with Crippen LogP contribution in [-0.4, -0.2) is 40.7 Å². The summed E-state index contributed by atoms with van der Waals surface area (Å²) in [5.41, 5.74) is 1.48. The summed E-state index contributed by atoms with van der Waals surface area (Å²) in [6.45, 7) is 3.96. The van der Waals surface area contributed by atoms with Crippen molar-refractivity contribution >= 4 is 5.91 Å². The maximum absolute atomic E-state index is 13.2. The fourth-order valence-electron chi connectivity index (χ4n) is 3.19. The molecule has 2 heterocycles. The first-order valence-electron chi connectivity index (χ1n) is 8.87. The predicted octanol–water partition coefficient (Wildman–Crippen LogP) is 3.43. The summed E-state index contributed by atoms with van der Waals surface area (Å²) in [6, 6.07) is 7.99. The van der Waals surface area contributed by atoms with Crippen LogP contribution in [0.2, 0.25) is 0 Å². The Hall–Kier alpha value is -2.37. The fraction of sp³-hybridized carbons (Fsp3) is 0.474. The van der Waals surface area contributed by atoms with Gasteiger partial charge in [-0.05, 0) is 37.5 Å². The molecule has 0 spiro atoms. The number of nitrogens with zero attached hydrogens (tertiary/aromatic N) is 2. The molecule has 1 saturated heterocycles. The maximum atomic E-state index is 13.2. The van der Waals surface area contributed by atoms with E-state index in [9.17, 15) is 9.18 Å². The highest BCUT2D eigenvalue weighted by atomic mass is 19.1. The zero-order valence-electron chi connectivity index (χ0n) is 14.5. The number of hydrogen-bond donors (Lipinski definition) is 1. The van der Waals surface area contributed by atoms with Gasteiger partial charge in [0.15, 0.2) is 0 Å². The number of amides is 1. The standard InChI is InChI=1S/C19H24FN3O2/c1-2-5-16-11-18(22-21-16)19(24)23-9-4-6-14(12-23)13-25-17-8-3-7-15(20)10-17/h3,7-8,10-11,14H,2,4-6,9,12-13H2,1H3,(H,21,22)/t14-/m0/s1. The van der Waals surface area contributed by atoms with Crippen molar-refractivity contribution in [2.45, 2.75) is 32.6 Å². The van der Waals surface area contributed by atoms with Crippen LogP contribution in [0, 0.1) is 11.7 Å². The van der Waals surface area contributed by atoms with Crippen molar-refractivity contribution in [1.82, 2.24) is 15.1 Å². The lowest BCUT2D eigenvalue weighted by Gasteiger charge is -2.32. The number of hydrogen-bond acceptors (Lipinski definition) is 3. The number of rotatable bonds is 6. The van der Waals surface area contributed by atoms with Crippen molar-refractivity contribution in [2.24, 2.45) is 5.92 Å². The Morgan fingerprint density at radius 3 is 3.12 bits per heavy atom. The second-order valence-electron chi connectivity index (χ2n) is 6.56. The summed E-state index contributed by atoms with van der Waals surface area (Å²) in [7, 11) is 0. The summed E-state index contributed by atoms with van der Waals surface area (Å²) in [5.74, 6) is 0.434. The van der Waals surface area contributed by atoms with Gasteiger partial charge in [0.2, 0.25) is 0 Å². The first kappa shape index (κ1) is 17.5. The lowest BCUT2D eigenvalue weighted by Crippen LogP contribution is -2.41. The Kier molecular flexibility index (Phi) is 5.68. The average molecular weight is 345 g/mol. The molecule has 25 heavy (non-hydrogen) atoms. The highest BCUT2D eigenvalue weighted by Crippen LogP contribution is 2.21. The highest BCUT2D eigenvalue weighted by molar-refractivity contribution is 5.92. The molecule has 0 radical (unpaired) electrons. The van der Waals surface area contributed by atoms with E-state index in [1.165, 1.54) is 12.1 Å². The fourth-order valence-corrected chi connectivity index (χ4v) is 3.19. The predicted molar refractivity (Wildman–Crippen MR) is 93.1 cm³/mol. The largest absolute Gasteiger partial charge is 0.493 e. The van der Waals surface area contributed by atoms with E-state index in [4.69, 9.17) is 4.74 Å². The van der Waals surface area contributed by atoms with E-state index in [2.05, 4.69) is 17.1 Å². The molecule has 1 amide bonds. The van der Waals surface area contributed by atoms with E-state index in [-0.39, 0.29) is 17.6 Å². The van der Waals surface area contributed by atoms with Crippen molar-refractivity contribution in [1.29, 1.82) is 0 Å². The van der Waals surface area contributed by atoms with Gasteiger partial charge in [0.05, 0.1) is 6.61 Å². The molecule has 0 bridgehead atoms. The topological polar surface area (TPSA) is 58.2 Å². The number of piperidine rings is 1. The van der Waals surface area contributed by atoms with Crippen LogP contribution in [0.3, 0.4) is 0 Å². The smallest absolute Gasteiger partial charge is 0.274 e. The van der Waals surface area contributed by atoms with Gasteiger partial charge < -0.3 is 9.64 Å². The lowest BCUT2D eigenvalue weighted by atomic mass is 9.98. The number of H-pyrrole nitrogens is 1. The first-order valence-corrected chi connectivity index (χ1v) is 8.87. The molecule has 1 aliphatic heterocycles. The minimum absolute atomic E-state index is 0.0333. The van der Waals surface area contributed by atoms with Gasteiger partial charge in [0.25, 0.3) is 5.91 Å². The van der Waals surface area contributed by atoms with Crippen molar-refractivity contribution < 1.29 is 13.9 Å². The molecule has 1 aliphatic rings. The molecular weight excluding hydrogens is 321 g/mol. The van der Waals surface area contributed by atoms with Gasteiger partial charge in [-0.2, -0.15) is 5.10 Å². The Balaban J connectivity index is 1.55. The average Bonchev–Trinajstić information content (AvgIpc) is 3.09. The second kappa shape index (κ2) is 8.14. The third kappa shape index (κ3) is 4.59. The Morgan fingerprint density at radius 2 is 2.32 bits per heavy atom. The number of ether oxygens (including phenoxy) is 1. The van der Waals surface area contributed by atoms with Gasteiger partial charge in [-0.25, -0.2) is 4.39 Å². The number of aromatic nitrogens is 2. The van der Waals surface area contributed by atoms with Crippen LogP contribution in [0.25, 0.3) is 0 Å². The molecule has 134 valence electrons. The minimum Gasteiger partial charge on any atom is -0.493 e. The zero-order chi connectivity index (χ0) is 17.6. The quantitative estimate of drug-likeness (QED) is 0.872. The van der Waals surface area contributed by atoms with E-state index in [1.54, 1.807) is 12.1 Å². The molecule has 1 N–H and O–H groups in total. The number of nitrogens with one attached hydrogen (secondary N) is 1. The zero-order valence-corrected chi connectivity index (χ0v) is 14.5. The van der Waals surface area contributed by atoms with Crippen molar-refractivity contribution in [2.75, 3.05) is 19.7 Å². The van der Waals surface area contributed by atoms with Crippen LogP contribution in [0.5, 0.6) is 5.75 Å². The Labute approximate surface area is 147 Å². The van der Waals surface area contributed by atoms with Crippen LogP contribution < -0.4 is 4.74 Å². The molecule has 0 aliphatic carbocycles. The van der Waals surface area contributed by atoms with E-state index >= 15 is 0 Å². The van der Waals surface area contributed by atoms with E-state index in [1.807, 2.05) is 11.0 Å². The van der Waals surface area contributed by atoms with Gasteiger partial charge in [0.1, 0.15) is 17.3 Å². The van der Waals surface area contributed by atoms with Crippen molar-refractivity contribution in [3.8, 4) is 5.75 Å². The summed E-state index contributed by atoms with van der Waals surface area (Å²) in [5, 5.41) is 7.08. The van der Waals surface area contributed by atoms with Crippen molar-refractivity contribution in [3.05, 3.63) is 47.5 Å².